The minimum atomic E-state index is -0.522. The van der Waals surface area contributed by atoms with Gasteiger partial charge < -0.3 is 25.4 Å². The Labute approximate surface area is 161 Å². The summed E-state index contributed by atoms with van der Waals surface area (Å²) in [6, 6.07) is 14.6. The van der Waals surface area contributed by atoms with Crippen LogP contribution in [-0.2, 0) is 6.54 Å². The van der Waals surface area contributed by atoms with Crippen LogP contribution in [0, 0.1) is 0 Å². The van der Waals surface area contributed by atoms with Gasteiger partial charge >= 0.3 is 0 Å². The Morgan fingerprint density at radius 1 is 0.893 bits per heavy atom. The number of aliphatic hydroxyl groups is 1. The second-order valence-electron chi connectivity index (χ2n) is 6.98. The number of benzene rings is 2. The molecule has 2 heterocycles. The van der Waals surface area contributed by atoms with Gasteiger partial charge in [-0.15, -0.1) is 0 Å². The summed E-state index contributed by atoms with van der Waals surface area (Å²) in [5.41, 5.74) is 4.35. The van der Waals surface area contributed by atoms with Gasteiger partial charge in [-0.1, -0.05) is 24.3 Å². The summed E-state index contributed by atoms with van der Waals surface area (Å²) < 4.78 is 1.94. The van der Waals surface area contributed by atoms with E-state index in [-0.39, 0.29) is 11.5 Å². The van der Waals surface area contributed by atoms with Crippen LogP contribution in [0.4, 0.5) is 0 Å². The van der Waals surface area contributed by atoms with Gasteiger partial charge in [0.25, 0.3) is 0 Å². The maximum Gasteiger partial charge on any atom is 0.200 e. The molecule has 5 N–H and O–H groups in total. The second-order valence-corrected chi connectivity index (χ2v) is 6.98. The number of phenolic OH excluding ortho intramolecular Hbond substituents is 3. The number of nitrogens with one attached hydrogen (secondary N) is 1. The molecule has 0 bridgehead atoms. The smallest absolute Gasteiger partial charge is 0.200 e. The molecule has 0 radical (unpaired) electrons. The first kappa shape index (κ1) is 17.9. The molecule has 2 aromatic heterocycles. The Balaban J connectivity index is 1.65. The molecule has 6 nitrogen and oxygen atoms in total. The van der Waals surface area contributed by atoms with Crippen molar-refractivity contribution in [1.82, 2.24) is 4.98 Å². The quantitative estimate of drug-likeness (QED) is 0.278. The van der Waals surface area contributed by atoms with Gasteiger partial charge in [0.1, 0.15) is 11.6 Å². The van der Waals surface area contributed by atoms with Gasteiger partial charge in [0, 0.05) is 17.1 Å². The number of aromatic nitrogens is 2. The Hall–Kier alpha value is -3.51. The SMILES string of the molecule is C[C@@H](O)C[n+]1ccc2cc(-c3ccc(-c4cc(O)c(O)c(O)c4)cc3)[nH]c2c1. The molecule has 0 aliphatic heterocycles. The minimum Gasteiger partial charge on any atom is -0.504 e. The van der Waals surface area contributed by atoms with Crippen molar-refractivity contribution >= 4 is 10.9 Å². The maximum atomic E-state index is 9.70. The van der Waals surface area contributed by atoms with Crippen LogP contribution in [0.25, 0.3) is 33.3 Å². The highest BCUT2D eigenvalue weighted by Crippen LogP contribution is 2.39. The Bertz CT molecular complexity index is 1120. The standard InChI is InChI=1S/C22H20N2O4/c1-13(25)11-24-7-6-16-8-18(23-19(16)12-24)15-4-2-14(3-5-15)17-9-20(26)22(28)21(27)10-17/h2-10,12-13,25H,11H2,1H3,(H3,23,26,27,28)/p+1/t13-/m1/s1. The lowest BCUT2D eigenvalue weighted by atomic mass is 10.0. The molecule has 0 saturated heterocycles. The molecule has 4 aromatic rings. The van der Waals surface area contributed by atoms with Crippen LogP contribution in [0.1, 0.15) is 6.92 Å². The maximum absolute atomic E-state index is 9.70. The van der Waals surface area contributed by atoms with Crippen LogP contribution in [0.5, 0.6) is 17.2 Å². The molecule has 0 unspecified atom stereocenters. The summed E-state index contributed by atoms with van der Waals surface area (Å²) in [5.74, 6) is -1.24. The summed E-state index contributed by atoms with van der Waals surface area (Å²) in [6.07, 6.45) is 3.50. The number of nitrogens with zero attached hydrogens (tertiary/aromatic N) is 1. The molecule has 0 saturated carbocycles. The number of rotatable bonds is 4. The number of fused-ring (bicyclic) bond motifs is 1. The van der Waals surface area contributed by atoms with E-state index < -0.39 is 11.9 Å². The topological polar surface area (TPSA) is 101 Å². The van der Waals surface area contributed by atoms with Gasteiger partial charge in [0.15, 0.2) is 36.2 Å². The highest BCUT2D eigenvalue weighted by atomic mass is 16.3. The van der Waals surface area contributed by atoms with Crippen LogP contribution in [0.3, 0.4) is 0 Å². The van der Waals surface area contributed by atoms with E-state index in [9.17, 15) is 20.4 Å². The fraction of sp³-hybridized carbons (Fsp3) is 0.136. The second kappa shape index (κ2) is 6.90. The first-order valence-corrected chi connectivity index (χ1v) is 8.96. The average Bonchev–Trinajstić information content (AvgIpc) is 3.08. The van der Waals surface area contributed by atoms with E-state index in [0.29, 0.717) is 12.1 Å². The van der Waals surface area contributed by atoms with Crippen LogP contribution in [0.2, 0.25) is 0 Å². The zero-order chi connectivity index (χ0) is 19.8. The largest absolute Gasteiger partial charge is 0.504 e. The molecular weight excluding hydrogens is 356 g/mol. The normalized spacial score (nSPS) is 12.4. The molecule has 2 aromatic carbocycles. The van der Waals surface area contributed by atoms with Crippen molar-refractivity contribution in [2.45, 2.75) is 19.6 Å². The van der Waals surface area contributed by atoms with Crippen molar-refractivity contribution < 1.29 is 25.0 Å². The highest BCUT2D eigenvalue weighted by molar-refractivity contribution is 5.85. The fourth-order valence-corrected chi connectivity index (χ4v) is 3.30. The summed E-state index contributed by atoms with van der Waals surface area (Å²) >= 11 is 0. The van der Waals surface area contributed by atoms with Crippen molar-refractivity contribution in [3.8, 4) is 39.6 Å². The van der Waals surface area contributed by atoms with Gasteiger partial charge in [-0.05, 0) is 41.8 Å². The number of hydrogen-bond acceptors (Lipinski definition) is 4. The third-order valence-electron chi connectivity index (χ3n) is 4.69. The van der Waals surface area contributed by atoms with Crippen molar-refractivity contribution in [1.29, 1.82) is 0 Å². The van der Waals surface area contributed by atoms with Crippen molar-refractivity contribution in [2.24, 2.45) is 0 Å². The van der Waals surface area contributed by atoms with E-state index in [1.54, 1.807) is 6.92 Å². The lowest BCUT2D eigenvalue weighted by molar-refractivity contribution is -0.701. The molecule has 1 atom stereocenters. The number of H-pyrrole nitrogens is 1. The molecule has 0 spiro atoms. The molecule has 142 valence electrons. The number of phenols is 3. The van der Waals surface area contributed by atoms with Gasteiger partial charge in [-0.3, -0.25) is 0 Å². The van der Waals surface area contributed by atoms with E-state index in [4.69, 9.17) is 0 Å². The number of hydrogen-bond donors (Lipinski definition) is 5. The highest BCUT2D eigenvalue weighted by Gasteiger charge is 2.12. The van der Waals surface area contributed by atoms with Crippen LogP contribution in [0.15, 0.2) is 60.9 Å². The zero-order valence-electron chi connectivity index (χ0n) is 15.3. The minimum absolute atomic E-state index is 0.361. The Kier molecular flexibility index (Phi) is 4.41. The predicted molar refractivity (Wildman–Crippen MR) is 106 cm³/mol. The molecule has 0 aliphatic carbocycles. The van der Waals surface area contributed by atoms with E-state index in [0.717, 1.165) is 27.7 Å². The van der Waals surface area contributed by atoms with Gasteiger partial charge in [-0.2, -0.15) is 0 Å². The van der Waals surface area contributed by atoms with Crippen LogP contribution >= 0.6 is 0 Å². The van der Waals surface area contributed by atoms with E-state index in [1.165, 1.54) is 12.1 Å². The molecule has 28 heavy (non-hydrogen) atoms. The molecule has 4 rings (SSSR count). The van der Waals surface area contributed by atoms with Gasteiger partial charge in [0.2, 0.25) is 0 Å². The molecule has 6 heteroatoms. The molecular formula is C22H21N2O4+. The molecule has 0 aliphatic rings. The van der Waals surface area contributed by atoms with E-state index in [2.05, 4.69) is 11.1 Å². The monoisotopic (exact) mass is 377 g/mol. The van der Waals surface area contributed by atoms with E-state index >= 15 is 0 Å². The zero-order valence-corrected chi connectivity index (χ0v) is 15.3. The van der Waals surface area contributed by atoms with Gasteiger partial charge in [0.05, 0.1) is 0 Å². The molecule has 0 amide bonds. The summed E-state index contributed by atoms with van der Waals surface area (Å²) in [7, 11) is 0. The number of aliphatic hydroxyl groups excluding tert-OH is 1. The summed E-state index contributed by atoms with van der Waals surface area (Å²) in [6.45, 7) is 2.29. The Morgan fingerprint density at radius 3 is 2.18 bits per heavy atom. The molecule has 0 fully saturated rings. The predicted octanol–water partition coefficient (Wildman–Crippen LogP) is 3.29. The first-order chi connectivity index (χ1) is 13.4. The Morgan fingerprint density at radius 2 is 1.54 bits per heavy atom. The van der Waals surface area contributed by atoms with Gasteiger partial charge in [-0.25, -0.2) is 4.57 Å². The van der Waals surface area contributed by atoms with Crippen LogP contribution in [-0.4, -0.2) is 31.5 Å². The van der Waals surface area contributed by atoms with Crippen molar-refractivity contribution in [2.75, 3.05) is 0 Å². The third-order valence-corrected chi connectivity index (χ3v) is 4.69. The fourth-order valence-electron chi connectivity index (χ4n) is 3.30. The lowest BCUT2D eigenvalue weighted by Gasteiger charge is -2.07. The summed E-state index contributed by atoms with van der Waals surface area (Å²) in [5, 5.41) is 39.5. The number of aromatic hydroxyl groups is 3. The first-order valence-electron chi connectivity index (χ1n) is 8.96. The number of pyridine rings is 1. The third kappa shape index (κ3) is 3.37. The van der Waals surface area contributed by atoms with Crippen LogP contribution < -0.4 is 4.57 Å². The van der Waals surface area contributed by atoms with E-state index in [1.807, 2.05) is 47.3 Å². The summed E-state index contributed by atoms with van der Waals surface area (Å²) in [4.78, 5) is 3.39. The number of aromatic amines is 1. The average molecular weight is 377 g/mol. The van der Waals surface area contributed by atoms with Crippen molar-refractivity contribution in [3.05, 3.63) is 60.9 Å². The lowest BCUT2D eigenvalue weighted by Crippen LogP contribution is -2.37. The van der Waals surface area contributed by atoms with Crippen molar-refractivity contribution in [3.63, 3.8) is 0 Å².